The molecule has 0 aromatic rings. The lowest BCUT2D eigenvalue weighted by Crippen LogP contribution is -2.41. The smallest absolute Gasteiger partial charge is 0.326 e. The normalized spacial score (nSPS) is 12.4. The number of amides is 6. The van der Waals surface area contributed by atoms with Gasteiger partial charge < -0.3 is 90.2 Å². The third-order valence-corrected chi connectivity index (χ3v) is 18.2. The molecular weight excluding hydrogens is 1480 g/mol. The first kappa shape index (κ1) is 106. The second kappa shape index (κ2) is 71.3. The van der Waals surface area contributed by atoms with Crippen LogP contribution >= 0.6 is 0 Å². The number of unbranched alkanes of at least 4 members (excludes halogenated alkanes) is 16. The molecule has 4 atom stereocenters. The zero-order chi connectivity index (χ0) is 84.0. The van der Waals surface area contributed by atoms with E-state index in [1.54, 1.807) is 20.8 Å². The lowest BCUT2D eigenvalue weighted by atomic mass is 9.79. The summed E-state index contributed by atoms with van der Waals surface area (Å²) in [4.78, 5) is 183. The van der Waals surface area contributed by atoms with Crippen LogP contribution in [-0.4, -0.2) is 253 Å². The van der Waals surface area contributed by atoms with E-state index in [0.29, 0.717) is 96.7 Å². The van der Waals surface area contributed by atoms with Gasteiger partial charge in [0.15, 0.2) is 5.78 Å². The number of Topliss-reactive ketones (excluding diaryl/α,β-unsaturated/α-hetero) is 5. The molecular formula is C80H138N6O27. The van der Waals surface area contributed by atoms with Gasteiger partial charge >= 0.3 is 23.9 Å². The van der Waals surface area contributed by atoms with E-state index in [1.165, 1.54) is 6.92 Å². The number of aliphatic carboxylic acids is 4. The first-order valence-electron chi connectivity index (χ1n) is 40.9. The maximum atomic E-state index is 13.7. The summed E-state index contributed by atoms with van der Waals surface area (Å²) < 4.78 is 43.4. The number of carboxylic acids is 4. The number of carboxylic acid groups (broad SMARTS) is 4. The Bertz CT molecular complexity index is 2710. The fraction of sp³-hybridized carbons (Fsp3) is 0.812. The van der Waals surface area contributed by atoms with Crippen LogP contribution in [0.15, 0.2) is 0 Å². The van der Waals surface area contributed by atoms with Crippen molar-refractivity contribution in [2.45, 2.75) is 271 Å². The fourth-order valence-electron chi connectivity index (χ4n) is 11.4. The average molecular weight is 1620 g/mol. The number of carbonyl (C=O) groups excluding carboxylic acids is 11. The quantitative estimate of drug-likeness (QED) is 0.0272. The van der Waals surface area contributed by atoms with Gasteiger partial charge in [-0.25, -0.2) is 9.59 Å². The van der Waals surface area contributed by atoms with Crippen LogP contribution in [-0.2, 0) is 110 Å². The molecule has 0 aromatic heterocycles. The van der Waals surface area contributed by atoms with Gasteiger partial charge in [0.2, 0.25) is 35.4 Å². The van der Waals surface area contributed by atoms with E-state index < -0.39 is 53.2 Å². The number of carbonyl (C=O) groups is 15. The molecule has 0 unspecified atom stereocenters. The van der Waals surface area contributed by atoms with Crippen molar-refractivity contribution >= 4 is 88.2 Å². The molecule has 0 bridgehead atoms. The Hall–Kier alpha value is -7.27. The summed E-state index contributed by atoms with van der Waals surface area (Å²) in [5.74, 6) is -7.94. The molecule has 10 N–H and O–H groups in total. The molecule has 6 amide bonds. The molecule has 0 aromatic carbocycles. The number of hydrogen-bond acceptors (Lipinski definition) is 23. The molecule has 0 saturated heterocycles. The largest absolute Gasteiger partial charge is 0.481 e. The Kier molecular flexibility index (Phi) is 66.7. The molecule has 33 nitrogen and oxygen atoms in total. The number of ketones is 5. The van der Waals surface area contributed by atoms with E-state index >= 15 is 0 Å². The number of hydrogen-bond donors (Lipinski definition) is 10. The molecule has 0 aliphatic rings. The Labute approximate surface area is 667 Å². The fourth-order valence-corrected chi connectivity index (χ4v) is 11.4. The summed E-state index contributed by atoms with van der Waals surface area (Å²) in [5.41, 5.74) is -0.671. The second-order valence-corrected chi connectivity index (χ2v) is 29.3. The highest BCUT2D eigenvalue weighted by atomic mass is 16.5. The van der Waals surface area contributed by atoms with Crippen LogP contribution < -0.4 is 31.9 Å². The molecule has 0 radical (unpaired) electrons. The van der Waals surface area contributed by atoms with Crippen molar-refractivity contribution in [2.75, 3.05) is 132 Å². The van der Waals surface area contributed by atoms with Crippen molar-refractivity contribution in [2.24, 2.45) is 17.3 Å². The lowest BCUT2D eigenvalue weighted by molar-refractivity contribution is -0.142. The van der Waals surface area contributed by atoms with E-state index in [2.05, 4.69) is 31.9 Å². The van der Waals surface area contributed by atoms with Gasteiger partial charge in [-0.05, 0) is 84.0 Å². The zero-order valence-electron chi connectivity index (χ0n) is 68.1. The van der Waals surface area contributed by atoms with Crippen LogP contribution in [0.4, 0.5) is 0 Å². The Morgan fingerprint density at radius 3 is 1.04 bits per heavy atom. The summed E-state index contributed by atoms with van der Waals surface area (Å²) in [6, 6.07) is -2.34. The van der Waals surface area contributed by atoms with Crippen molar-refractivity contribution in [3.05, 3.63) is 0 Å². The predicted octanol–water partition coefficient (Wildman–Crippen LogP) is 7.08. The van der Waals surface area contributed by atoms with Crippen molar-refractivity contribution in [3.63, 3.8) is 0 Å². The molecule has 650 valence electrons. The summed E-state index contributed by atoms with van der Waals surface area (Å²) in [6.07, 6.45) is 18.7. The summed E-state index contributed by atoms with van der Waals surface area (Å²) in [6.45, 7) is 9.40. The van der Waals surface area contributed by atoms with E-state index in [-0.39, 0.29) is 254 Å². The molecule has 33 heteroatoms. The van der Waals surface area contributed by atoms with E-state index in [4.69, 9.17) is 48.1 Å². The summed E-state index contributed by atoms with van der Waals surface area (Å²) in [5, 5.41) is 52.3. The summed E-state index contributed by atoms with van der Waals surface area (Å²) in [7, 11) is 0. The van der Waals surface area contributed by atoms with Crippen molar-refractivity contribution in [1.82, 2.24) is 31.9 Å². The highest BCUT2D eigenvalue weighted by molar-refractivity contribution is 5.93. The third kappa shape index (κ3) is 68.8. The van der Waals surface area contributed by atoms with Crippen LogP contribution in [0.1, 0.15) is 259 Å². The van der Waals surface area contributed by atoms with Gasteiger partial charge in [0.1, 0.15) is 61.6 Å². The SMILES string of the molecule is CC(=O)[C@H](CCCCNC(=O)COCCOCCNC(=O)COCCOCCCC(=O)CC[C@H](NC(=O)CCCCCCCCCCC(=O)O)C(=O)O)CC(=O)[C@H](CCCCNC(=O)COCCOCCCC(=O)COCCOCCNC(=O)CC[C@H](NC(=O)CCCCCCCCCCC(=O)O)C(=O)O)CC(=O)C(C)(C)C. The van der Waals surface area contributed by atoms with Gasteiger partial charge in [-0.2, -0.15) is 0 Å². The maximum Gasteiger partial charge on any atom is 0.326 e. The van der Waals surface area contributed by atoms with Crippen molar-refractivity contribution in [1.29, 1.82) is 0 Å². The van der Waals surface area contributed by atoms with Crippen LogP contribution in [0, 0.1) is 17.3 Å². The molecule has 0 aliphatic carbocycles. The Morgan fingerprint density at radius 1 is 0.292 bits per heavy atom. The average Bonchev–Trinajstić information content (AvgIpc) is 0.869. The van der Waals surface area contributed by atoms with E-state index in [1.807, 2.05) is 0 Å². The highest BCUT2D eigenvalue weighted by Gasteiger charge is 2.31. The molecule has 0 rings (SSSR count). The topological polar surface area (TPSA) is 483 Å². The second-order valence-electron chi connectivity index (χ2n) is 29.3. The minimum absolute atomic E-state index is 0.00156. The Morgan fingerprint density at radius 2 is 0.637 bits per heavy atom. The maximum absolute atomic E-state index is 13.7. The third-order valence-electron chi connectivity index (χ3n) is 18.2. The van der Waals surface area contributed by atoms with Gasteiger partial charge in [-0.1, -0.05) is 111 Å². The zero-order valence-corrected chi connectivity index (χ0v) is 68.1. The van der Waals surface area contributed by atoms with E-state index in [0.717, 1.165) is 77.0 Å². The number of rotatable bonds is 82. The van der Waals surface area contributed by atoms with Gasteiger partial charge in [-0.15, -0.1) is 0 Å². The molecule has 0 spiro atoms. The minimum atomic E-state index is -1.22. The van der Waals surface area contributed by atoms with Crippen LogP contribution in [0.5, 0.6) is 0 Å². The molecule has 0 fully saturated rings. The Balaban J connectivity index is 4.15. The van der Waals surface area contributed by atoms with Crippen LogP contribution in [0.3, 0.4) is 0 Å². The standard InChI is InChI=1S/C80H138N6O27/c1-61(87)62(27-21-23-39-81-74(96)59-113-54-50-109-46-42-84-75(97)60-112-53-47-106-43-25-29-64(88)35-36-66(78(102)103)85-71(93)31-17-13-9-5-7-11-15-19-33-76(98)99)55-68(90)63(56-69(91)80(2,3)4)28-22-24-40-82-73(95)58-111-52-48-107-44-26-30-65(89)57-110-51-49-108-45-41-83-70(92)38-37-67(79(104)105)86-72(94)32-18-14-10-6-8-12-16-20-34-77(100)101/h62-63,66-67H,5-60H2,1-4H3,(H,81,96)(H,82,95)(H,83,92)(H,84,97)(H,85,93)(H,86,94)(H,98,99)(H,100,101)(H,102,103)(H,104,105)/t62-,63-,66+,67+/m1/s1. The van der Waals surface area contributed by atoms with Gasteiger partial charge in [0, 0.05) is 121 Å². The van der Waals surface area contributed by atoms with Crippen molar-refractivity contribution in [3.8, 4) is 0 Å². The van der Waals surface area contributed by atoms with Gasteiger partial charge in [0.05, 0.1) is 66.1 Å². The summed E-state index contributed by atoms with van der Waals surface area (Å²) >= 11 is 0. The molecule has 0 saturated carbocycles. The van der Waals surface area contributed by atoms with Gasteiger partial charge in [0.25, 0.3) is 0 Å². The van der Waals surface area contributed by atoms with Crippen molar-refractivity contribution < 1.29 is 130 Å². The monoisotopic (exact) mass is 1610 g/mol. The first-order valence-corrected chi connectivity index (χ1v) is 40.9. The first-order chi connectivity index (χ1) is 54.1. The molecule has 0 aliphatic heterocycles. The number of ether oxygens (including phenoxy) is 8. The predicted molar refractivity (Wildman–Crippen MR) is 416 cm³/mol. The minimum Gasteiger partial charge on any atom is -0.481 e. The molecule has 113 heavy (non-hydrogen) atoms. The highest BCUT2D eigenvalue weighted by Crippen LogP contribution is 2.27. The number of nitrogens with one attached hydrogen (secondary N) is 6. The van der Waals surface area contributed by atoms with Crippen LogP contribution in [0.2, 0.25) is 0 Å². The van der Waals surface area contributed by atoms with Gasteiger partial charge in [-0.3, -0.25) is 62.3 Å². The molecule has 0 heterocycles. The lowest BCUT2D eigenvalue weighted by Gasteiger charge is -2.23. The van der Waals surface area contributed by atoms with E-state index in [9.17, 15) is 82.1 Å². The van der Waals surface area contributed by atoms with Crippen LogP contribution in [0.25, 0.3) is 0 Å².